The van der Waals surface area contributed by atoms with E-state index in [9.17, 15) is 9.90 Å². The molecule has 0 spiro atoms. The predicted molar refractivity (Wildman–Crippen MR) is 80.5 cm³/mol. The maximum Gasteiger partial charge on any atom is 0.244 e. The quantitative estimate of drug-likeness (QED) is 0.785. The number of aliphatic hydroxyl groups is 1. The lowest BCUT2D eigenvalue weighted by molar-refractivity contribution is -0.119. The lowest BCUT2D eigenvalue weighted by atomic mass is 9.99. The SMILES string of the molecule is CCOc1ccccc1/C=C/C(=O)NC(C)(C)C(C)O. The molecule has 110 valence electrons. The molecule has 0 saturated carbocycles. The molecule has 4 nitrogen and oxygen atoms in total. The van der Waals surface area contributed by atoms with Gasteiger partial charge in [0.15, 0.2) is 0 Å². The Kier molecular flexibility index (Phi) is 5.77. The molecule has 0 radical (unpaired) electrons. The Morgan fingerprint density at radius 2 is 2.10 bits per heavy atom. The maximum absolute atomic E-state index is 11.9. The van der Waals surface area contributed by atoms with E-state index in [0.717, 1.165) is 11.3 Å². The molecule has 0 aliphatic carbocycles. The molecule has 0 saturated heterocycles. The Morgan fingerprint density at radius 1 is 1.45 bits per heavy atom. The molecular formula is C16H23NO3. The third-order valence-electron chi connectivity index (χ3n) is 3.12. The minimum atomic E-state index is -0.666. The second-order valence-corrected chi connectivity index (χ2v) is 5.19. The zero-order chi connectivity index (χ0) is 15.2. The molecule has 0 aliphatic heterocycles. The third kappa shape index (κ3) is 4.70. The van der Waals surface area contributed by atoms with Gasteiger partial charge < -0.3 is 15.2 Å². The largest absolute Gasteiger partial charge is 0.493 e. The van der Waals surface area contributed by atoms with Crippen LogP contribution in [0.5, 0.6) is 5.75 Å². The Labute approximate surface area is 120 Å². The van der Waals surface area contributed by atoms with Crippen LogP contribution < -0.4 is 10.1 Å². The molecule has 0 fully saturated rings. The average Bonchev–Trinajstić information content (AvgIpc) is 2.37. The van der Waals surface area contributed by atoms with Crippen molar-refractivity contribution >= 4 is 12.0 Å². The second-order valence-electron chi connectivity index (χ2n) is 5.19. The Hall–Kier alpha value is -1.81. The van der Waals surface area contributed by atoms with E-state index in [1.807, 2.05) is 31.2 Å². The van der Waals surface area contributed by atoms with Gasteiger partial charge in [-0.1, -0.05) is 18.2 Å². The molecule has 1 aromatic rings. The van der Waals surface area contributed by atoms with Gasteiger partial charge in [0.25, 0.3) is 0 Å². The molecular weight excluding hydrogens is 254 g/mol. The minimum Gasteiger partial charge on any atom is -0.493 e. The summed E-state index contributed by atoms with van der Waals surface area (Å²) >= 11 is 0. The average molecular weight is 277 g/mol. The minimum absolute atomic E-state index is 0.248. The fraction of sp³-hybridized carbons (Fsp3) is 0.438. The van der Waals surface area contributed by atoms with Crippen molar-refractivity contribution in [3.05, 3.63) is 35.9 Å². The molecule has 2 N–H and O–H groups in total. The van der Waals surface area contributed by atoms with E-state index < -0.39 is 11.6 Å². The highest BCUT2D eigenvalue weighted by Crippen LogP contribution is 2.19. The number of amides is 1. The smallest absolute Gasteiger partial charge is 0.244 e. The van der Waals surface area contributed by atoms with Crippen LogP contribution in [0.1, 0.15) is 33.3 Å². The van der Waals surface area contributed by atoms with Crippen LogP contribution in [0.15, 0.2) is 30.3 Å². The summed E-state index contributed by atoms with van der Waals surface area (Å²) in [6, 6.07) is 7.52. The number of para-hydroxylation sites is 1. The van der Waals surface area contributed by atoms with E-state index in [0.29, 0.717) is 6.61 Å². The summed E-state index contributed by atoms with van der Waals surface area (Å²) in [4.78, 5) is 11.9. The van der Waals surface area contributed by atoms with Gasteiger partial charge in [-0.15, -0.1) is 0 Å². The Balaban J connectivity index is 2.75. The first-order valence-electron chi connectivity index (χ1n) is 6.77. The number of ether oxygens (including phenoxy) is 1. The summed E-state index contributed by atoms with van der Waals surface area (Å²) in [5, 5.41) is 12.3. The van der Waals surface area contributed by atoms with Gasteiger partial charge in [-0.25, -0.2) is 0 Å². The lowest BCUT2D eigenvalue weighted by Crippen LogP contribution is -2.50. The van der Waals surface area contributed by atoms with E-state index in [1.54, 1.807) is 26.8 Å². The Bertz CT molecular complexity index is 478. The summed E-state index contributed by atoms with van der Waals surface area (Å²) in [5.41, 5.74) is 0.181. The Morgan fingerprint density at radius 3 is 2.70 bits per heavy atom. The first-order valence-corrected chi connectivity index (χ1v) is 6.77. The van der Waals surface area contributed by atoms with E-state index in [-0.39, 0.29) is 5.91 Å². The lowest BCUT2D eigenvalue weighted by Gasteiger charge is -2.28. The second kappa shape index (κ2) is 7.10. The van der Waals surface area contributed by atoms with Crippen molar-refractivity contribution in [1.82, 2.24) is 5.32 Å². The van der Waals surface area contributed by atoms with Crippen molar-refractivity contribution in [2.75, 3.05) is 6.61 Å². The summed E-state index contributed by atoms with van der Waals surface area (Å²) in [5.74, 6) is 0.496. The van der Waals surface area contributed by atoms with Crippen molar-refractivity contribution in [1.29, 1.82) is 0 Å². The number of hydrogen-bond donors (Lipinski definition) is 2. The number of nitrogens with one attached hydrogen (secondary N) is 1. The zero-order valence-corrected chi connectivity index (χ0v) is 12.5. The highest BCUT2D eigenvalue weighted by Gasteiger charge is 2.24. The van der Waals surface area contributed by atoms with Gasteiger partial charge in [0.2, 0.25) is 5.91 Å². The van der Waals surface area contributed by atoms with Crippen molar-refractivity contribution < 1.29 is 14.6 Å². The van der Waals surface area contributed by atoms with Gasteiger partial charge in [-0.2, -0.15) is 0 Å². The van der Waals surface area contributed by atoms with Crippen LogP contribution in [0.4, 0.5) is 0 Å². The first kappa shape index (κ1) is 16.2. The van der Waals surface area contributed by atoms with Crippen LogP contribution in [0, 0.1) is 0 Å². The van der Waals surface area contributed by atoms with E-state index in [1.165, 1.54) is 6.08 Å². The van der Waals surface area contributed by atoms with Crippen LogP contribution in [-0.2, 0) is 4.79 Å². The van der Waals surface area contributed by atoms with Crippen LogP contribution in [0.2, 0.25) is 0 Å². The van der Waals surface area contributed by atoms with Crippen LogP contribution in [0.3, 0.4) is 0 Å². The fourth-order valence-electron chi connectivity index (χ4n) is 1.53. The molecule has 20 heavy (non-hydrogen) atoms. The predicted octanol–water partition coefficient (Wildman–Crippen LogP) is 2.37. The van der Waals surface area contributed by atoms with Gasteiger partial charge in [-0.3, -0.25) is 4.79 Å². The number of aliphatic hydroxyl groups excluding tert-OH is 1. The molecule has 1 rings (SSSR count). The van der Waals surface area contributed by atoms with Crippen LogP contribution in [0.25, 0.3) is 6.08 Å². The normalized spacial score (nSPS) is 13.2. The summed E-state index contributed by atoms with van der Waals surface area (Å²) in [6.07, 6.45) is 2.52. The van der Waals surface area contributed by atoms with Gasteiger partial charge in [0.1, 0.15) is 5.75 Å². The molecule has 4 heteroatoms. The number of carbonyl (C=O) groups excluding carboxylic acids is 1. The van der Waals surface area contributed by atoms with Crippen molar-refractivity contribution in [3.8, 4) is 5.75 Å². The van der Waals surface area contributed by atoms with Gasteiger partial charge >= 0.3 is 0 Å². The van der Waals surface area contributed by atoms with Crippen LogP contribution in [-0.4, -0.2) is 29.3 Å². The monoisotopic (exact) mass is 277 g/mol. The number of benzene rings is 1. The molecule has 1 amide bonds. The van der Waals surface area contributed by atoms with E-state index >= 15 is 0 Å². The molecule has 1 aromatic carbocycles. The van der Waals surface area contributed by atoms with Gasteiger partial charge in [-0.05, 0) is 39.8 Å². The summed E-state index contributed by atoms with van der Waals surface area (Å²) < 4.78 is 5.49. The number of carbonyl (C=O) groups is 1. The standard InChI is InChI=1S/C16H23NO3/c1-5-20-14-9-7-6-8-13(14)10-11-15(19)17-16(3,4)12(2)18/h6-12,18H,5H2,1-4H3,(H,17,19)/b11-10+. The van der Waals surface area contributed by atoms with Gasteiger partial charge in [0, 0.05) is 11.6 Å². The van der Waals surface area contributed by atoms with Crippen molar-refractivity contribution in [2.24, 2.45) is 0 Å². The molecule has 0 bridgehead atoms. The van der Waals surface area contributed by atoms with Gasteiger partial charge in [0.05, 0.1) is 18.2 Å². The maximum atomic E-state index is 11.9. The number of rotatable bonds is 6. The summed E-state index contributed by atoms with van der Waals surface area (Å²) in [6.45, 7) is 7.69. The van der Waals surface area contributed by atoms with E-state index in [4.69, 9.17) is 4.74 Å². The molecule has 0 heterocycles. The van der Waals surface area contributed by atoms with Crippen molar-refractivity contribution in [3.63, 3.8) is 0 Å². The van der Waals surface area contributed by atoms with E-state index in [2.05, 4.69) is 5.32 Å². The van der Waals surface area contributed by atoms with Crippen molar-refractivity contribution in [2.45, 2.75) is 39.3 Å². The third-order valence-corrected chi connectivity index (χ3v) is 3.12. The van der Waals surface area contributed by atoms with Crippen LogP contribution >= 0.6 is 0 Å². The number of hydrogen-bond acceptors (Lipinski definition) is 3. The fourth-order valence-corrected chi connectivity index (χ4v) is 1.53. The molecule has 1 atom stereocenters. The summed E-state index contributed by atoms with van der Waals surface area (Å²) in [7, 11) is 0. The highest BCUT2D eigenvalue weighted by molar-refractivity contribution is 5.92. The topological polar surface area (TPSA) is 58.6 Å². The highest BCUT2D eigenvalue weighted by atomic mass is 16.5. The molecule has 0 aromatic heterocycles. The molecule has 1 unspecified atom stereocenters. The molecule has 0 aliphatic rings. The zero-order valence-electron chi connectivity index (χ0n) is 12.5. The first-order chi connectivity index (χ1) is 9.36.